The van der Waals surface area contributed by atoms with Crippen molar-refractivity contribution in [1.82, 2.24) is 30.0 Å². The van der Waals surface area contributed by atoms with E-state index in [-0.39, 0.29) is 5.82 Å². The molecule has 130 valence electrons. The van der Waals surface area contributed by atoms with Gasteiger partial charge >= 0.3 is 0 Å². The van der Waals surface area contributed by atoms with Crippen LogP contribution in [0.4, 0.5) is 4.39 Å². The molecule has 0 bridgehead atoms. The van der Waals surface area contributed by atoms with Crippen molar-refractivity contribution in [3.05, 3.63) is 35.4 Å². The van der Waals surface area contributed by atoms with Gasteiger partial charge in [0.25, 0.3) is 0 Å². The lowest BCUT2D eigenvalue weighted by molar-refractivity contribution is 0.0922. The van der Waals surface area contributed by atoms with Crippen LogP contribution in [0.3, 0.4) is 0 Å². The lowest BCUT2D eigenvalue weighted by atomic mass is 10.2. The molecule has 2 heterocycles. The van der Waals surface area contributed by atoms with Crippen molar-refractivity contribution < 1.29 is 9.13 Å². The third kappa shape index (κ3) is 3.95. The normalized spacial score (nSPS) is 16.6. The number of ether oxygens (including phenoxy) is 1. The molecule has 3 rings (SSSR count). The fraction of sp³-hybridized carbons (Fsp3) is 0.562. The molecule has 24 heavy (non-hydrogen) atoms. The molecule has 0 radical (unpaired) electrons. The highest BCUT2D eigenvalue weighted by Crippen LogP contribution is 2.16. The van der Waals surface area contributed by atoms with Crippen LogP contribution < -0.4 is 0 Å². The number of nitrogens with zero attached hydrogens (tertiary/aromatic N) is 6. The lowest BCUT2D eigenvalue weighted by Crippen LogP contribution is -2.47. The number of methoxy groups -OCH3 is 1. The molecular formula is C16H23FN6O. The third-order valence-corrected chi connectivity index (χ3v) is 4.31. The van der Waals surface area contributed by atoms with Crippen molar-refractivity contribution >= 4 is 0 Å². The van der Waals surface area contributed by atoms with Gasteiger partial charge in [-0.25, -0.2) is 4.39 Å². The number of benzene rings is 1. The Morgan fingerprint density at radius 1 is 1.17 bits per heavy atom. The molecule has 1 saturated heterocycles. The van der Waals surface area contributed by atoms with E-state index in [1.165, 1.54) is 10.7 Å². The molecule has 0 amide bonds. The quantitative estimate of drug-likeness (QED) is 0.781. The molecule has 0 saturated carbocycles. The van der Waals surface area contributed by atoms with Gasteiger partial charge in [-0.1, -0.05) is 6.07 Å². The Morgan fingerprint density at radius 3 is 2.67 bits per heavy atom. The first-order chi connectivity index (χ1) is 11.7. The van der Waals surface area contributed by atoms with Crippen LogP contribution >= 0.6 is 0 Å². The number of halogens is 1. The highest BCUT2D eigenvalue weighted by atomic mass is 19.1. The zero-order valence-corrected chi connectivity index (χ0v) is 14.2. The first kappa shape index (κ1) is 16.9. The molecule has 0 N–H and O–H groups in total. The average molecular weight is 334 g/mol. The van der Waals surface area contributed by atoms with E-state index in [1.54, 1.807) is 19.2 Å². The van der Waals surface area contributed by atoms with E-state index in [4.69, 9.17) is 4.74 Å². The monoisotopic (exact) mass is 334 g/mol. The highest BCUT2D eigenvalue weighted by molar-refractivity contribution is 5.36. The molecule has 1 fully saturated rings. The van der Waals surface area contributed by atoms with Crippen molar-refractivity contribution in [2.24, 2.45) is 0 Å². The number of piperazine rings is 1. The van der Waals surface area contributed by atoms with Crippen molar-refractivity contribution in [3.63, 3.8) is 0 Å². The molecule has 7 nitrogen and oxygen atoms in total. The third-order valence-electron chi connectivity index (χ3n) is 4.31. The molecule has 0 unspecified atom stereocenters. The summed E-state index contributed by atoms with van der Waals surface area (Å²) in [5, 5.41) is 11.8. The first-order valence-electron chi connectivity index (χ1n) is 8.15. The number of hydrogen-bond acceptors (Lipinski definition) is 6. The molecule has 2 aromatic rings. The summed E-state index contributed by atoms with van der Waals surface area (Å²) in [6.07, 6.45) is 0. The van der Waals surface area contributed by atoms with Crippen LogP contribution in [0.1, 0.15) is 11.4 Å². The van der Waals surface area contributed by atoms with Gasteiger partial charge in [0.05, 0.1) is 13.2 Å². The van der Waals surface area contributed by atoms with Crippen LogP contribution in [0, 0.1) is 12.7 Å². The Balaban J connectivity index is 1.66. The van der Waals surface area contributed by atoms with Gasteiger partial charge in [0, 0.05) is 39.8 Å². The van der Waals surface area contributed by atoms with E-state index >= 15 is 0 Å². The number of hydrogen-bond donors (Lipinski definition) is 0. The Labute approximate surface area is 141 Å². The zero-order valence-electron chi connectivity index (χ0n) is 14.2. The van der Waals surface area contributed by atoms with Crippen LogP contribution in [-0.2, 0) is 11.3 Å². The Hall–Kier alpha value is -1.90. The van der Waals surface area contributed by atoms with E-state index in [0.717, 1.165) is 44.9 Å². The van der Waals surface area contributed by atoms with Gasteiger partial charge in [-0.2, -0.15) is 4.68 Å². The lowest BCUT2D eigenvalue weighted by Gasteiger charge is -2.34. The molecule has 1 aliphatic heterocycles. The predicted octanol–water partition coefficient (Wildman–Crippen LogP) is 0.874. The second kappa shape index (κ2) is 7.78. The molecule has 1 aromatic heterocycles. The smallest absolute Gasteiger partial charge is 0.170 e. The van der Waals surface area contributed by atoms with E-state index in [0.29, 0.717) is 18.1 Å². The van der Waals surface area contributed by atoms with Gasteiger partial charge in [0.1, 0.15) is 11.5 Å². The van der Waals surface area contributed by atoms with Gasteiger partial charge in [0.2, 0.25) is 0 Å². The maximum atomic E-state index is 14.1. The van der Waals surface area contributed by atoms with Crippen LogP contribution in [0.5, 0.6) is 0 Å². The summed E-state index contributed by atoms with van der Waals surface area (Å²) >= 11 is 0. The van der Waals surface area contributed by atoms with Gasteiger partial charge in [0.15, 0.2) is 5.82 Å². The Morgan fingerprint density at radius 2 is 1.92 bits per heavy atom. The minimum absolute atomic E-state index is 0.321. The summed E-state index contributed by atoms with van der Waals surface area (Å²) in [5.41, 5.74) is 1.37. The molecule has 1 aromatic carbocycles. The van der Waals surface area contributed by atoms with Crippen molar-refractivity contribution in [2.45, 2.75) is 13.5 Å². The van der Waals surface area contributed by atoms with E-state index in [2.05, 4.69) is 25.3 Å². The summed E-state index contributed by atoms with van der Waals surface area (Å²) in [6.45, 7) is 8.10. The summed E-state index contributed by atoms with van der Waals surface area (Å²) in [5.74, 6) is 0.336. The second-order valence-electron chi connectivity index (χ2n) is 6.07. The fourth-order valence-electron chi connectivity index (χ4n) is 2.87. The standard InChI is InChI=1S/C16H23FN6O/c1-13-3-4-14(17)15(11-13)23-16(18-19-20-23)12-22-7-5-21(6-8-22)9-10-24-2/h3-4,11H,5-10,12H2,1-2H3. The van der Waals surface area contributed by atoms with E-state index in [9.17, 15) is 4.39 Å². The van der Waals surface area contributed by atoms with Gasteiger partial charge < -0.3 is 4.74 Å². The van der Waals surface area contributed by atoms with Gasteiger partial charge in [-0.05, 0) is 35.0 Å². The summed E-state index contributed by atoms with van der Waals surface area (Å²) in [7, 11) is 1.72. The van der Waals surface area contributed by atoms with Crippen molar-refractivity contribution in [1.29, 1.82) is 0 Å². The summed E-state index contributed by atoms with van der Waals surface area (Å²) in [6, 6.07) is 4.95. The molecular weight excluding hydrogens is 311 g/mol. The minimum Gasteiger partial charge on any atom is -0.383 e. The molecule has 0 aliphatic carbocycles. The zero-order chi connectivity index (χ0) is 16.9. The molecule has 0 spiro atoms. The number of rotatable bonds is 6. The Bertz CT molecular complexity index is 668. The highest BCUT2D eigenvalue weighted by Gasteiger charge is 2.20. The fourth-order valence-corrected chi connectivity index (χ4v) is 2.87. The van der Waals surface area contributed by atoms with Crippen LogP contribution in [-0.4, -0.2) is 76.4 Å². The summed E-state index contributed by atoms with van der Waals surface area (Å²) in [4.78, 5) is 4.67. The number of tetrazole rings is 1. The van der Waals surface area contributed by atoms with Crippen molar-refractivity contribution in [2.75, 3.05) is 46.4 Å². The maximum Gasteiger partial charge on any atom is 0.170 e. The SMILES string of the molecule is COCCN1CCN(Cc2nnnn2-c2cc(C)ccc2F)CC1. The number of aromatic nitrogens is 4. The van der Waals surface area contributed by atoms with Crippen molar-refractivity contribution in [3.8, 4) is 5.69 Å². The molecule has 8 heteroatoms. The van der Waals surface area contributed by atoms with Gasteiger partial charge in [-0.15, -0.1) is 5.10 Å². The largest absolute Gasteiger partial charge is 0.383 e. The molecule has 0 atom stereocenters. The average Bonchev–Trinajstić information content (AvgIpc) is 3.04. The first-order valence-corrected chi connectivity index (χ1v) is 8.15. The second-order valence-corrected chi connectivity index (χ2v) is 6.07. The predicted molar refractivity (Wildman–Crippen MR) is 87.4 cm³/mol. The Kier molecular flexibility index (Phi) is 5.49. The summed E-state index contributed by atoms with van der Waals surface area (Å²) < 4.78 is 20.7. The molecule has 1 aliphatic rings. The van der Waals surface area contributed by atoms with Crippen LogP contribution in [0.25, 0.3) is 5.69 Å². The van der Waals surface area contributed by atoms with E-state index < -0.39 is 0 Å². The topological polar surface area (TPSA) is 59.3 Å². The number of aryl methyl sites for hydroxylation is 1. The van der Waals surface area contributed by atoms with Gasteiger partial charge in [-0.3, -0.25) is 9.80 Å². The maximum absolute atomic E-state index is 14.1. The van der Waals surface area contributed by atoms with Crippen LogP contribution in [0.2, 0.25) is 0 Å². The minimum atomic E-state index is -0.321. The van der Waals surface area contributed by atoms with Crippen LogP contribution in [0.15, 0.2) is 18.2 Å². The van der Waals surface area contributed by atoms with E-state index in [1.807, 2.05) is 6.92 Å².